The lowest BCUT2D eigenvalue weighted by molar-refractivity contribution is -0.136. The molecular formula is C8H5BrClF2NO2. The minimum Gasteiger partial charge on any atom is -0.481 e. The van der Waals surface area contributed by atoms with Crippen molar-refractivity contribution in [1.29, 1.82) is 0 Å². The van der Waals surface area contributed by atoms with Gasteiger partial charge in [-0.3, -0.25) is 4.79 Å². The minimum atomic E-state index is -2.78. The maximum Gasteiger partial charge on any atom is 0.309 e. The van der Waals surface area contributed by atoms with E-state index in [1.807, 2.05) is 0 Å². The molecule has 0 fully saturated rings. The monoisotopic (exact) mass is 299 g/mol. The molecule has 0 aliphatic heterocycles. The Bertz CT molecular complexity index is 400. The van der Waals surface area contributed by atoms with Gasteiger partial charge in [0, 0.05) is 5.56 Å². The van der Waals surface area contributed by atoms with Crippen molar-refractivity contribution in [3.63, 3.8) is 0 Å². The van der Waals surface area contributed by atoms with E-state index in [-0.39, 0.29) is 15.3 Å². The highest BCUT2D eigenvalue weighted by Crippen LogP contribution is 2.29. The van der Waals surface area contributed by atoms with Gasteiger partial charge in [-0.1, -0.05) is 11.6 Å². The van der Waals surface area contributed by atoms with Gasteiger partial charge in [0.1, 0.15) is 5.15 Å². The van der Waals surface area contributed by atoms with Crippen LogP contribution in [0.25, 0.3) is 0 Å². The van der Waals surface area contributed by atoms with E-state index in [1.165, 1.54) is 0 Å². The zero-order valence-corrected chi connectivity index (χ0v) is 9.52. The van der Waals surface area contributed by atoms with Crippen LogP contribution in [-0.2, 0) is 11.2 Å². The number of rotatable bonds is 3. The Hall–Kier alpha value is -0.750. The average molecular weight is 300 g/mol. The lowest BCUT2D eigenvalue weighted by Crippen LogP contribution is -2.07. The van der Waals surface area contributed by atoms with Crippen LogP contribution in [0.5, 0.6) is 0 Å². The van der Waals surface area contributed by atoms with Crippen LogP contribution in [0.4, 0.5) is 8.78 Å². The second-order valence-electron chi connectivity index (χ2n) is 2.67. The lowest BCUT2D eigenvalue weighted by Gasteiger charge is -2.07. The number of aliphatic carboxylic acids is 1. The maximum absolute atomic E-state index is 12.5. The topological polar surface area (TPSA) is 50.2 Å². The summed E-state index contributed by atoms with van der Waals surface area (Å²) in [7, 11) is 0. The van der Waals surface area contributed by atoms with Crippen LogP contribution < -0.4 is 0 Å². The molecule has 15 heavy (non-hydrogen) atoms. The molecule has 0 bridgehead atoms. The zero-order chi connectivity index (χ0) is 11.6. The summed E-state index contributed by atoms with van der Waals surface area (Å²) in [6.45, 7) is 0. The summed E-state index contributed by atoms with van der Waals surface area (Å²) in [5.74, 6) is -1.23. The molecule has 0 atom stereocenters. The molecule has 1 N–H and O–H groups in total. The standard InChI is InChI=1S/C8H5BrClF2NO2/c9-4-1-3(8(11)12)5(2-6(14)15)13-7(4)10/h1,8H,2H2,(H,14,15). The molecule has 0 aliphatic rings. The predicted octanol–water partition coefficient (Wildman–Crippen LogP) is 3.06. The first-order valence-corrected chi connectivity index (χ1v) is 4.93. The fraction of sp³-hybridized carbons (Fsp3) is 0.250. The number of carbonyl (C=O) groups is 1. The van der Waals surface area contributed by atoms with Gasteiger partial charge in [0.2, 0.25) is 0 Å². The van der Waals surface area contributed by atoms with Crippen molar-refractivity contribution in [2.24, 2.45) is 0 Å². The Morgan fingerprint density at radius 1 is 1.67 bits per heavy atom. The van der Waals surface area contributed by atoms with Gasteiger partial charge in [0.05, 0.1) is 16.6 Å². The van der Waals surface area contributed by atoms with Crippen molar-refractivity contribution < 1.29 is 18.7 Å². The molecule has 0 amide bonds. The van der Waals surface area contributed by atoms with E-state index in [9.17, 15) is 13.6 Å². The molecule has 1 heterocycles. The third-order valence-corrected chi connectivity index (χ3v) is 2.72. The molecule has 0 unspecified atom stereocenters. The Morgan fingerprint density at radius 3 is 2.73 bits per heavy atom. The molecule has 0 aromatic carbocycles. The van der Waals surface area contributed by atoms with Gasteiger partial charge in [-0.25, -0.2) is 13.8 Å². The molecule has 0 saturated heterocycles. The number of nitrogens with zero attached hydrogens (tertiary/aromatic N) is 1. The number of carboxylic acid groups (broad SMARTS) is 1. The molecule has 0 radical (unpaired) electrons. The third kappa shape index (κ3) is 3.10. The van der Waals surface area contributed by atoms with Crippen molar-refractivity contribution >= 4 is 33.5 Å². The predicted molar refractivity (Wildman–Crippen MR) is 53.2 cm³/mol. The molecule has 0 spiro atoms. The number of pyridine rings is 1. The number of hydrogen-bond acceptors (Lipinski definition) is 2. The van der Waals surface area contributed by atoms with Crippen LogP contribution in [0.2, 0.25) is 5.15 Å². The highest BCUT2D eigenvalue weighted by molar-refractivity contribution is 9.10. The largest absolute Gasteiger partial charge is 0.481 e. The molecule has 1 aromatic heterocycles. The molecule has 0 saturated carbocycles. The summed E-state index contributed by atoms with van der Waals surface area (Å²) >= 11 is 8.52. The summed E-state index contributed by atoms with van der Waals surface area (Å²) in [6.07, 6.45) is -3.35. The summed E-state index contributed by atoms with van der Waals surface area (Å²) < 4.78 is 25.2. The van der Waals surface area contributed by atoms with Crippen molar-refractivity contribution in [1.82, 2.24) is 4.98 Å². The van der Waals surface area contributed by atoms with Crippen molar-refractivity contribution in [2.75, 3.05) is 0 Å². The number of halogens is 4. The number of aromatic nitrogens is 1. The van der Waals surface area contributed by atoms with E-state index < -0.39 is 24.4 Å². The normalized spacial score (nSPS) is 10.7. The number of carboxylic acids is 1. The van der Waals surface area contributed by atoms with Crippen LogP contribution in [0, 0.1) is 0 Å². The van der Waals surface area contributed by atoms with Crippen LogP contribution in [0.15, 0.2) is 10.5 Å². The quantitative estimate of drug-likeness (QED) is 0.873. The van der Waals surface area contributed by atoms with E-state index >= 15 is 0 Å². The van der Waals surface area contributed by atoms with Crippen LogP contribution in [-0.4, -0.2) is 16.1 Å². The molecule has 82 valence electrons. The second kappa shape index (κ2) is 4.85. The van der Waals surface area contributed by atoms with Gasteiger partial charge >= 0.3 is 5.97 Å². The Labute approximate surface area is 97.2 Å². The highest BCUT2D eigenvalue weighted by Gasteiger charge is 2.18. The summed E-state index contributed by atoms with van der Waals surface area (Å²) in [4.78, 5) is 14.0. The highest BCUT2D eigenvalue weighted by atomic mass is 79.9. The van der Waals surface area contributed by atoms with Crippen LogP contribution in [0.3, 0.4) is 0 Å². The summed E-state index contributed by atoms with van der Waals surface area (Å²) in [6, 6.07) is 1.08. The first-order chi connectivity index (χ1) is 6.91. The summed E-state index contributed by atoms with van der Waals surface area (Å²) in [5.41, 5.74) is -0.639. The molecule has 7 heteroatoms. The molecule has 3 nitrogen and oxygen atoms in total. The number of hydrogen-bond donors (Lipinski definition) is 1. The lowest BCUT2D eigenvalue weighted by atomic mass is 10.1. The van der Waals surface area contributed by atoms with Gasteiger partial charge in [0.15, 0.2) is 0 Å². The zero-order valence-electron chi connectivity index (χ0n) is 7.18. The first kappa shape index (κ1) is 12.3. The average Bonchev–Trinajstić information content (AvgIpc) is 2.09. The van der Waals surface area contributed by atoms with Crippen LogP contribution >= 0.6 is 27.5 Å². The van der Waals surface area contributed by atoms with Gasteiger partial charge in [-0.05, 0) is 22.0 Å². The van der Waals surface area contributed by atoms with Crippen molar-refractivity contribution in [3.8, 4) is 0 Å². The van der Waals surface area contributed by atoms with Gasteiger partial charge in [-0.2, -0.15) is 0 Å². The van der Waals surface area contributed by atoms with Gasteiger partial charge < -0.3 is 5.11 Å². The Kier molecular flexibility index (Phi) is 3.98. The molecule has 1 aromatic rings. The summed E-state index contributed by atoms with van der Waals surface area (Å²) in [5, 5.41) is 8.46. The Balaban J connectivity index is 3.21. The molecular weight excluding hydrogens is 295 g/mol. The number of alkyl halides is 2. The second-order valence-corrected chi connectivity index (χ2v) is 3.88. The van der Waals surface area contributed by atoms with E-state index in [1.54, 1.807) is 0 Å². The van der Waals surface area contributed by atoms with E-state index in [4.69, 9.17) is 16.7 Å². The maximum atomic E-state index is 12.5. The fourth-order valence-corrected chi connectivity index (χ4v) is 1.48. The van der Waals surface area contributed by atoms with Crippen molar-refractivity contribution in [3.05, 3.63) is 26.9 Å². The van der Waals surface area contributed by atoms with E-state index in [0.717, 1.165) is 6.07 Å². The van der Waals surface area contributed by atoms with Crippen LogP contribution in [0.1, 0.15) is 17.7 Å². The van der Waals surface area contributed by atoms with Gasteiger partial charge in [0.25, 0.3) is 6.43 Å². The van der Waals surface area contributed by atoms with E-state index in [0.29, 0.717) is 0 Å². The Morgan fingerprint density at radius 2 is 2.27 bits per heavy atom. The molecule has 0 aliphatic carbocycles. The van der Waals surface area contributed by atoms with E-state index in [2.05, 4.69) is 20.9 Å². The fourth-order valence-electron chi connectivity index (χ4n) is 0.990. The third-order valence-electron chi connectivity index (χ3n) is 1.60. The first-order valence-electron chi connectivity index (χ1n) is 3.76. The SMILES string of the molecule is O=C(O)Cc1nc(Cl)c(Br)cc1C(F)F. The van der Waals surface area contributed by atoms with Crippen molar-refractivity contribution in [2.45, 2.75) is 12.8 Å². The minimum absolute atomic E-state index is 0.0318. The molecule has 1 rings (SSSR count). The van der Waals surface area contributed by atoms with Gasteiger partial charge in [-0.15, -0.1) is 0 Å². The smallest absolute Gasteiger partial charge is 0.309 e.